The Kier molecular flexibility index (Phi) is 3.01. The Morgan fingerprint density at radius 2 is 1.59 bits per heavy atom. The third kappa shape index (κ3) is 2.09. The highest BCUT2D eigenvalue weighted by Gasteiger charge is 2.13. The van der Waals surface area contributed by atoms with Gasteiger partial charge in [0.05, 0.1) is 12.0 Å². The number of rotatable bonds is 2. The summed E-state index contributed by atoms with van der Waals surface area (Å²) in [5.74, 6) is 0. The van der Waals surface area contributed by atoms with E-state index in [-0.39, 0.29) is 0 Å². The van der Waals surface area contributed by atoms with Gasteiger partial charge in [-0.1, -0.05) is 60.2 Å². The minimum atomic E-state index is 1.16. The average Bonchev–Trinajstić information content (AvgIpc) is 2.96. The zero-order valence-electron chi connectivity index (χ0n) is 12.4. The van der Waals surface area contributed by atoms with Crippen molar-refractivity contribution in [2.45, 2.75) is 6.92 Å². The molecule has 4 aromatic rings. The fourth-order valence-corrected chi connectivity index (χ4v) is 2.87. The van der Waals surface area contributed by atoms with Gasteiger partial charge in [0, 0.05) is 17.3 Å². The Labute approximate surface area is 129 Å². The van der Waals surface area contributed by atoms with Gasteiger partial charge >= 0.3 is 0 Å². The Morgan fingerprint density at radius 3 is 2.36 bits per heavy atom. The van der Waals surface area contributed by atoms with Crippen molar-refractivity contribution in [3.8, 4) is 22.4 Å². The Bertz CT molecular complexity index is 919. The van der Waals surface area contributed by atoms with Gasteiger partial charge in [-0.2, -0.15) is 0 Å². The summed E-state index contributed by atoms with van der Waals surface area (Å²) in [5.41, 5.74) is 7.28. The van der Waals surface area contributed by atoms with Crippen molar-refractivity contribution >= 4 is 5.52 Å². The van der Waals surface area contributed by atoms with Crippen LogP contribution >= 0.6 is 0 Å². The molecule has 0 bridgehead atoms. The Morgan fingerprint density at radius 1 is 0.818 bits per heavy atom. The first kappa shape index (κ1) is 12.8. The van der Waals surface area contributed by atoms with Crippen molar-refractivity contribution in [1.29, 1.82) is 0 Å². The molecule has 22 heavy (non-hydrogen) atoms. The lowest BCUT2D eigenvalue weighted by Gasteiger charge is -2.07. The van der Waals surface area contributed by atoms with Gasteiger partial charge in [0.25, 0.3) is 0 Å². The minimum Gasteiger partial charge on any atom is -0.300 e. The highest BCUT2D eigenvalue weighted by molar-refractivity contribution is 5.86. The fraction of sp³-hybridized carbons (Fsp3) is 0.0500. The largest absolute Gasteiger partial charge is 0.300 e. The molecule has 0 radical (unpaired) electrons. The molecule has 2 heterocycles. The molecular formula is C20H16N2. The van der Waals surface area contributed by atoms with E-state index in [2.05, 4.69) is 70.9 Å². The van der Waals surface area contributed by atoms with Gasteiger partial charge in [-0.05, 0) is 30.2 Å². The quantitative estimate of drug-likeness (QED) is 0.507. The number of hydrogen-bond donors (Lipinski definition) is 0. The lowest BCUT2D eigenvalue weighted by Crippen LogP contribution is -1.90. The lowest BCUT2D eigenvalue weighted by molar-refractivity contribution is 1.10. The molecule has 0 fully saturated rings. The SMILES string of the molecule is Cc1ccc(-c2c(-c3ccccc3)cc3ccncn23)cc1. The third-order valence-corrected chi connectivity index (χ3v) is 3.99. The van der Waals surface area contributed by atoms with Crippen LogP contribution in [0.25, 0.3) is 27.9 Å². The van der Waals surface area contributed by atoms with Crippen LogP contribution in [0, 0.1) is 6.92 Å². The molecule has 0 aliphatic rings. The molecule has 0 N–H and O–H groups in total. The molecule has 2 heteroatoms. The highest BCUT2D eigenvalue weighted by atomic mass is 15.0. The van der Waals surface area contributed by atoms with Gasteiger partial charge in [0.15, 0.2) is 0 Å². The summed E-state index contributed by atoms with van der Waals surface area (Å²) in [6.45, 7) is 2.11. The number of benzene rings is 2. The molecular weight excluding hydrogens is 268 g/mol. The first-order chi connectivity index (χ1) is 10.8. The summed E-state index contributed by atoms with van der Waals surface area (Å²) in [6, 6.07) is 23.4. The monoisotopic (exact) mass is 284 g/mol. The van der Waals surface area contributed by atoms with Crippen LogP contribution < -0.4 is 0 Å². The van der Waals surface area contributed by atoms with Crippen LogP contribution in [0.4, 0.5) is 0 Å². The third-order valence-electron chi connectivity index (χ3n) is 3.99. The highest BCUT2D eigenvalue weighted by Crippen LogP contribution is 2.34. The second kappa shape index (κ2) is 5.15. The molecule has 2 aromatic heterocycles. The second-order valence-corrected chi connectivity index (χ2v) is 5.51. The van der Waals surface area contributed by atoms with E-state index >= 15 is 0 Å². The summed E-state index contributed by atoms with van der Waals surface area (Å²) in [5, 5.41) is 0. The zero-order valence-corrected chi connectivity index (χ0v) is 12.4. The van der Waals surface area contributed by atoms with E-state index in [1.165, 1.54) is 27.9 Å². The molecule has 0 amide bonds. The van der Waals surface area contributed by atoms with Gasteiger partial charge in [-0.15, -0.1) is 0 Å². The molecule has 2 nitrogen and oxygen atoms in total. The van der Waals surface area contributed by atoms with Crippen LogP contribution in [0.2, 0.25) is 0 Å². The van der Waals surface area contributed by atoms with E-state index in [1.807, 2.05) is 24.7 Å². The molecule has 0 spiro atoms. The average molecular weight is 284 g/mol. The van der Waals surface area contributed by atoms with Crippen LogP contribution in [0.1, 0.15) is 5.56 Å². The lowest BCUT2D eigenvalue weighted by atomic mass is 10.0. The smallest absolute Gasteiger partial charge is 0.0995 e. The zero-order chi connectivity index (χ0) is 14.9. The molecule has 0 aliphatic carbocycles. The predicted octanol–water partition coefficient (Wildman–Crippen LogP) is 4.98. The van der Waals surface area contributed by atoms with Gasteiger partial charge in [-0.3, -0.25) is 4.40 Å². The van der Waals surface area contributed by atoms with E-state index < -0.39 is 0 Å². The van der Waals surface area contributed by atoms with E-state index in [1.54, 1.807) is 0 Å². The molecule has 0 aliphatic heterocycles. The summed E-state index contributed by atoms with van der Waals surface area (Å²) in [7, 11) is 0. The van der Waals surface area contributed by atoms with Crippen molar-refractivity contribution in [3.05, 3.63) is 84.8 Å². The summed E-state index contributed by atoms with van der Waals surface area (Å²) < 4.78 is 2.16. The van der Waals surface area contributed by atoms with Crippen molar-refractivity contribution in [1.82, 2.24) is 9.38 Å². The molecule has 0 atom stereocenters. The summed E-state index contributed by atoms with van der Waals surface area (Å²) >= 11 is 0. The van der Waals surface area contributed by atoms with Crippen LogP contribution in [0.15, 0.2) is 79.3 Å². The van der Waals surface area contributed by atoms with Gasteiger partial charge in [0.1, 0.15) is 0 Å². The number of hydrogen-bond acceptors (Lipinski definition) is 1. The maximum Gasteiger partial charge on any atom is 0.0995 e. The Hall–Kier alpha value is -2.87. The molecule has 0 saturated heterocycles. The number of fused-ring (bicyclic) bond motifs is 1. The van der Waals surface area contributed by atoms with Crippen molar-refractivity contribution in [2.24, 2.45) is 0 Å². The maximum atomic E-state index is 4.29. The van der Waals surface area contributed by atoms with Crippen LogP contribution in [0.5, 0.6) is 0 Å². The number of nitrogens with zero attached hydrogens (tertiary/aromatic N) is 2. The summed E-state index contributed by atoms with van der Waals surface area (Å²) in [6.07, 6.45) is 3.72. The van der Waals surface area contributed by atoms with Crippen molar-refractivity contribution in [3.63, 3.8) is 0 Å². The fourth-order valence-electron chi connectivity index (χ4n) is 2.87. The molecule has 106 valence electrons. The number of aryl methyl sites for hydroxylation is 1. The molecule has 2 aromatic carbocycles. The Balaban J connectivity index is 2.04. The van der Waals surface area contributed by atoms with Crippen LogP contribution in [-0.4, -0.2) is 9.38 Å². The first-order valence-corrected chi connectivity index (χ1v) is 7.40. The standard InChI is InChI=1S/C20H16N2/c1-15-7-9-17(10-8-15)20-19(16-5-3-2-4-6-16)13-18-11-12-21-14-22(18)20/h2-14H,1H3. The second-order valence-electron chi connectivity index (χ2n) is 5.51. The van der Waals surface area contributed by atoms with E-state index in [0.29, 0.717) is 0 Å². The molecule has 0 unspecified atom stereocenters. The molecule has 0 saturated carbocycles. The summed E-state index contributed by atoms with van der Waals surface area (Å²) in [4.78, 5) is 4.29. The van der Waals surface area contributed by atoms with Crippen LogP contribution in [-0.2, 0) is 0 Å². The van der Waals surface area contributed by atoms with Crippen LogP contribution in [0.3, 0.4) is 0 Å². The van der Waals surface area contributed by atoms with E-state index in [4.69, 9.17) is 0 Å². The van der Waals surface area contributed by atoms with E-state index in [9.17, 15) is 0 Å². The normalized spacial score (nSPS) is 11.0. The maximum absolute atomic E-state index is 4.29. The first-order valence-electron chi connectivity index (χ1n) is 7.40. The van der Waals surface area contributed by atoms with Crippen molar-refractivity contribution < 1.29 is 0 Å². The van der Waals surface area contributed by atoms with Crippen molar-refractivity contribution in [2.75, 3.05) is 0 Å². The minimum absolute atomic E-state index is 1.16. The number of aromatic nitrogens is 2. The van der Waals surface area contributed by atoms with Gasteiger partial charge in [0.2, 0.25) is 0 Å². The molecule has 4 rings (SSSR count). The topological polar surface area (TPSA) is 17.3 Å². The van der Waals surface area contributed by atoms with Gasteiger partial charge < -0.3 is 0 Å². The van der Waals surface area contributed by atoms with Gasteiger partial charge in [-0.25, -0.2) is 4.98 Å². The van der Waals surface area contributed by atoms with E-state index in [0.717, 1.165) is 5.52 Å². The predicted molar refractivity (Wildman–Crippen MR) is 90.8 cm³/mol.